The molecule has 1 atom stereocenters. The van der Waals surface area contributed by atoms with E-state index in [4.69, 9.17) is 10.5 Å². The fourth-order valence-electron chi connectivity index (χ4n) is 1.58. The first-order chi connectivity index (χ1) is 7.02. The number of nitrogens with one attached hydrogen (secondary N) is 1. The van der Waals surface area contributed by atoms with Gasteiger partial charge in [-0.15, -0.1) is 24.0 Å². The number of halogens is 1. The molecule has 1 heterocycles. The zero-order valence-electron chi connectivity index (χ0n) is 10.5. The molecule has 4 nitrogen and oxygen atoms in total. The van der Waals surface area contributed by atoms with Crippen LogP contribution in [0.3, 0.4) is 0 Å². The quantitative estimate of drug-likeness (QED) is 0.465. The maximum atomic E-state index is 5.74. The van der Waals surface area contributed by atoms with Crippen LogP contribution in [0.4, 0.5) is 0 Å². The zero-order chi connectivity index (χ0) is 11.3. The summed E-state index contributed by atoms with van der Waals surface area (Å²) in [5.74, 6) is 1.11. The SMILES string of the molecule is CC(C)CNC(N)=NCC1(C)CCCO1.I. The summed E-state index contributed by atoms with van der Waals surface area (Å²) >= 11 is 0. The van der Waals surface area contributed by atoms with E-state index >= 15 is 0 Å². The van der Waals surface area contributed by atoms with Gasteiger partial charge in [0.25, 0.3) is 0 Å². The van der Waals surface area contributed by atoms with Crippen LogP contribution in [0.25, 0.3) is 0 Å². The second-order valence-electron chi connectivity index (χ2n) is 4.88. The third-order valence-electron chi connectivity index (χ3n) is 2.58. The summed E-state index contributed by atoms with van der Waals surface area (Å²) in [6, 6.07) is 0. The lowest BCUT2D eigenvalue weighted by atomic mass is 10.0. The number of rotatable bonds is 4. The molecule has 0 amide bonds. The molecule has 1 unspecified atom stereocenters. The highest BCUT2D eigenvalue weighted by atomic mass is 127. The van der Waals surface area contributed by atoms with Crippen molar-refractivity contribution in [2.24, 2.45) is 16.6 Å². The van der Waals surface area contributed by atoms with E-state index < -0.39 is 0 Å². The van der Waals surface area contributed by atoms with Crippen LogP contribution in [0, 0.1) is 5.92 Å². The van der Waals surface area contributed by atoms with Crippen LogP contribution in [-0.2, 0) is 4.74 Å². The zero-order valence-corrected chi connectivity index (χ0v) is 12.8. The van der Waals surface area contributed by atoms with Crippen molar-refractivity contribution in [2.45, 2.75) is 39.2 Å². The maximum absolute atomic E-state index is 5.74. The van der Waals surface area contributed by atoms with E-state index in [1.54, 1.807) is 0 Å². The van der Waals surface area contributed by atoms with Crippen LogP contribution in [0.5, 0.6) is 0 Å². The van der Waals surface area contributed by atoms with E-state index in [2.05, 4.69) is 31.1 Å². The van der Waals surface area contributed by atoms with Gasteiger partial charge in [0.2, 0.25) is 0 Å². The molecule has 1 fully saturated rings. The largest absolute Gasteiger partial charge is 0.373 e. The van der Waals surface area contributed by atoms with Gasteiger partial charge in [-0.1, -0.05) is 13.8 Å². The molecule has 5 heteroatoms. The predicted octanol–water partition coefficient (Wildman–Crippen LogP) is 1.73. The minimum atomic E-state index is -0.0931. The summed E-state index contributed by atoms with van der Waals surface area (Å²) < 4.78 is 5.63. The molecule has 96 valence electrons. The summed E-state index contributed by atoms with van der Waals surface area (Å²) in [5.41, 5.74) is 5.65. The number of hydrogen-bond acceptors (Lipinski definition) is 2. The smallest absolute Gasteiger partial charge is 0.188 e. The van der Waals surface area contributed by atoms with E-state index in [1.165, 1.54) is 0 Å². The molecular formula is C11H24IN3O. The Morgan fingerprint density at radius 3 is 2.75 bits per heavy atom. The van der Waals surface area contributed by atoms with E-state index in [1.807, 2.05) is 0 Å². The van der Waals surface area contributed by atoms with Gasteiger partial charge in [0.05, 0.1) is 12.1 Å². The Labute approximate surface area is 115 Å². The van der Waals surface area contributed by atoms with Crippen LogP contribution in [-0.4, -0.2) is 31.3 Å². The van der Waals surface area contributed by atoms with Crippen LogP contribution in [0.1, 0.15) is 33.6 Å². The molecule has 1 rings (SSSR count). The highest BCUT2D eigenvalue weighted by Crippen LogP contribution is 2.24. The molecule has 1 aliphatic rings. The highest BCUT2D eigenvalue weighted by Gasteiger charge is 2.29. The molecule has 0 aromatic heterocycles. The Bertz CT molecular complexity index is 225. The van der Waals surface area contributed by atoms with Gasteiger partial charge < -0.3 is 15.8 Å². The van der Waals surface area contributed by atoms with Gasteiger partial charge in [-0.05, 0) is 25.7 Å². The van der Waals surface area contributed by atoms with Gasteiger partial charge in [-0.3, -0.25) is 4.99 Å². The van der Waals surface area contributed by atoms with Crippen LogP contribution in [0.2, 0.25) is 0 Å². The van der Waals surface area contributed by atoms with E-state index in [0.29, 0.717) is 18.4 Å². The molecule has 0 aromatic rings. The lowest BCUT2D eigenvalue weighted by Crippen LogP contribution is -2.36. The van der Waals surface area contributed by atoms with Crippen molar-refractivity contribution in [2.75, 3.05) is 19.7 Å². The molecule has 0 aliphatic carbocycles. The Morgan fingerprint density at radius 2 is 2.25 bits per heavy atom. The average molecular weight is 341 g/mol. The second-order valence-corrected chi connectivity index (χ2v) is 4.88. The number of nitrogens with zero attached hydrogens (tertiary/aromatic N) is 1. The summed E-state index contributed by atoms with van der Waals surface area (Å²) in [6.45, 7) is 8.75. The Kier molecular flexibility index (Phi) is 7.30. The summed E-state index contributed by atoms with van der Waals surface area (Å²) in [6.07, 6.45) is 2.21. The minimum Gasteiger partial charge on any atom is -0.373 e. The first-order valence-electron chi connectivity index (χ1n) is 5.69. The monoisotopic (exact) mass is 341 g/mol. The molecule has 0 saturated carbocycles. The number of nitrogens with two attached hydrogens (primary N) is 1. The second kappa shape index (κ2) is 7.32. The van der Waals surface area contributed by atoms with Crippen molar-refractivity contribution in [1.29, 1.82) is 0 Å². The number of guanidine groups is 1. The number of aliphatic imine (C=N–C) groups is 1. The normalized spacial score (nSPS) is 25.6. The molecule has 1 saturated heterocycles. The van der Waals surface area contributed by atoms with Crippen molar-refractivity contribution in [3.05, 3.63) is 0 Å². The molecule has 0 aromatic carbocycles. The van der Waals surface area contributed by atoms with Crippen LogP contribution < -0.4 is 11.1 Å². The summed E-state index contributed by atoms with van der Waals surface area (Å²) in [4.78, 5) is 4.31. The van der Waals surface area contributed by atoms with Gasteiger partial charge in [0.1, 0.15) is 0 Å². The third-order valence-corrected chi connectivity index (χ3v) is 2.58. The fourth-order valence-corrected chi connectivity index (χ4v) is 1.58. The minimum absolute atomic E-state index is 0. The maximum Gasteiger partial charge on any atom is 0.188 e. The van der Waals surface area contributed by atoms with Crippen molar-refractivity contribution >= 4 is 29.9 Å². The first kappa shape index (κ1) is 16.0. The molecule has 1 aliphatic heterocycles. The Morgan fingerprint density at radius 1 is 1.56 bits per heavy atom. The van der Waals surface area contributed by atoms with Crippen molar-refractivity contribution < 1.29 is 4.74 Å². The lowest BCUT2D eigenvalue weighted by molar-refractivity contribution is 0.0284. The Balaban J connectivity index is 0.00000225. The molecular weight excluding hydrogens is 317 g/mol. The van der Waals surface area contributed by atoms with Crippen LogP contribution >= 0.6 is 24.0 Å². The van der Waals surface area contributed by atoms with Gasteiger partial charge >= 0.3 is 0 Å². The lowest BCUT2D eigenvalue weighted by Gasteiger charge is -2.20. The van der Waals surface area contributed by atoms with Crippen molar-refractivity contribution in [3.8, 4) is 0 Å². The number of ether oxygens (including phenoxy) is 1. The molecule has 0 bridgehead atoms. The molecule has 0 radical (unpaired) electrons. The standard InChI is InChI=1S/C11H23N3O.HI/c1-9(2)7-13-10(12)14-8-11(3)5-4-6-15-11;/h9H,4-8H2,1-3H3,(H3,12,13,14);1H. The molecule has 3 N–H and O–H groups in total. The fraction of sp³-hybridized carbons (Fsp3) is 0.909. The molecule has 0 spiro atoms. The number of hydrogen-bond donors (Lipinski definition) is 2. The topological polar surface area (TPSA) is 59.6 Å². The van der Waals surface area contributed by atoms with E-state index in [-0.39, 0.29) is 29.6 Å². The van der Waals surface area contributed by atoms with Gasteiger partial charge in [0, 0.05) is 13.2 Å². The van der Waals surface area contributed by atoms with Gasteiger partial charge in [0.15, 0.2) is 5.96 Å². The third kappa shape index (κ3) is 5.89. The predicted molar refractivity (Wildman–Crippen MR) is 78.3 cm³/mol. The van der Waals surface area contributed by atoms with Gasteiger partial charge in [-0.25, -0.2) is 0 Å². The van der Waals surface area contributed by atoms with Crippen LogP contribution in [0.15, 0.2) is 4.99 Å². The Hall–Kier alpha value is -0.0400. The van der Waals surface area contributed by atoms with Crippen molar-refractivity contribution in [1.82, 2.24) is 5.32 Å². The average Bonchev–Trinajstić information content (AvgIpc) is 2.60. The first-order valence-corrected chi connectivity index (χ1v) is 5.69. The highest BCUT2D eigenvalue weighted by molar-refractivity contribution is 14.0. The summed E-state index contributed by atoms with van der Waals surface area (Å²) in [7, 11) is 0. The van der Waals surface area contributed by atoms with E-state index in [0.717, 1.165) is 26.0 Å². The van der Waals surface area contributed by atoms with Gasteiger partial charge in [-0.2, -0.15) is 0 Å². The van der Waals surface area contributed by atoms with Crippen molar-refractivity contribution in [3.63, 3.8) is 0 Å². The van der Waals surface area contributed by atoms with E-state index in [9.17, 15) is 0 Å². The summed E-state index contributed by atoms with van der Waals surface area (Å²) in [5, 5.41) is 3.10. The molecule has 16 heavy (non-hydrogen) atoms.